The normalized spacial score (nSPS) is 13.2. The molecule has 190 valence electrons. The number of nitrogens with zero attached hydrogens (tertiary/aromatic N) is 2. The molecule has 0 saturated carbocycles. The van der Waals surface area contributed by atoms with Crippen molar-refractivity contribution in [3.8, 4) is 11.8 Å². The van der Waals surface area contributed by atoms with E-state index in [-0.39, 0.29) is 11.4 Å². The second-order valence-corrected chi connectivity index (χ2v) is 9.26. The maximum Gasteiger partial charge on any atom is 0.204 e. The van der Waals surface area contributed by atoms with Gasteiger partial charge in [-0.25, -0.2) is 0 Å². The van der Waals surface area contributed by atoms with Crippen molar-refractivity contribution in [2.75, 3.05) is 4.90 Å². The predicted octanol–water partition coefficient (Wildman–Crippen LogP) is 8.75. The zero-order valence-corrected chi connectivity index (χ0v) is 21.6. The summed E-state index contributed by atoms with van der Waals surface area (Å²) >= 11 is 0. The molecule has 0 aliphatic carbocycles. The van der Waals surface area contributed by atoms with Crippen LogP contribution >= 0.6 is 0 Å². The number of carbonyl (C=O) groups excluding carboxylic acids is 1. The lowest BCUT2D eigenvalue weighted by Gasteiger charge is -2.26. The molecule has 4 nitrogen and oxygen atoms in total. The van der Waals surface area contributed by atoms with Gasteiger partial charge < -0.3 is 9.64 Å². The van der Waals surface area contributed by atoms with Gasteiger partial charge >= 0.3 is 0 Å². The summed E-state index contributed by atoms with van der Waals surface area (Å²) in [7, 11) is 0. The van der Waals surface area contributed by atoms with Gasteiger partial charge in [-0.2, -0.15) is 5.26 Å². The van der Waals surface area contributed by atoms with Crippen molar-refractivity contribution >= 4 is 34.2 Å². The molecule has 40 heavy (non-hydrogen) atoms. The van der Waals surface area contributed by atoms with E-state index < -0.39 is 0 Å². The van der Waals surface area contributed by atoms with Gasteiger partial charge in [0, 0.05) is 39.3 Å². The summed E-state index contributed by atoms with van der Waals surface area (Å²) in [5, 5.41) is 10.1. The van der Waals surface area contributed by atoms with E-state index in [2.05, 4.69) is 35.2 Å². The third-order valence-electron chi connectivity index (χ3n) is 6.76. The van der Waals surface area contributed by atoms with Gasteiger partial charge in [-0.3, -0.25) is 4.79 Å². The Morgan fingerprint density at radius 3 is 1.75 bits per heavy atom. The number of hydrogen-bond donors (Lipinski definition) is 0. The molecule has 0 bridgehead atoms. The number of carbonyl (C=O) groups is 1. The SMILES string of the molecule is N#C/C(C(=O)c1ccccc1)=C1/C=C(c2ccc(N(c3ccccc3)c3ccccc3)cc2)Oc2ccccc21. The molecular formula is C36H24N2O2. The summed E-state index contributed by atoms with van der Waals surface area (Å²) in [6, 6.07) is 47.0. The molecule has 5 aromatic carbocycles. The first kappa shape index (κ1) is 24.7. The molecule has 1 aliphatic heterocycles. The van der Waals surface area contributed by atoms with Crippen molar-refractivity contribution in [3.05, 3.63) is 168 Å². The average Bonchev–Trinajstić information content (AvgIpc) is 3.03. The molecule has 0 radical (unpaired) electrons. The highest BCUT2D eigenvalue weighted by Gasteiger charge is 2.24. The van der Waals surface area contributed by atoms with E-state index in [0.717, 1.165) is 22.6 Å². The maximum atomic E-state index is 13.4. The van der Waals surface area contributed by atoms with Gasteiger partial charge in [-0.05, 0) is 60.7 Å². The van der Waals surface area contributed by atoms with Crippen LogP contribution in [-0.2, 0) is 0 Å². The van der Waals surface area contributed by atoms with E-state index in [4.69, 9.17) is 4.74 Å². The van der Waals surface area contributed by atoms with Gasteiger partial charge in [-0.1, -0.05) is 84.9 Å². The molecule has 6 rings (SSSR count). The number of rotatable bonds is 6. The number of hydrogen-bond acceptors (Lipinski definition) is 4. The van der Waals surface area contributed by atoms with Crippen LogP contribution in [0.1, 0.15) is 21.5 Å². The van der Waals surface area contributed by atoms with Crippen LogP contribution in [0.15, 0.2) is 151 Å². The summed E-state index contributed by atoms with van der Waals surface area (Å²) < 4.78 is 6.29. The Morgan fingerprint density at radius 1 is 0.625 bits per heavy atom. The Hall–Kier alpha value is -5.66. The van der Waals surface area contributed by atoms with E-state index in [1.165, 1.54) is 0 Å². The molecule has 0 saturated heterocycles. The summed E-state index contributed by atoms with van der Waals surface area (Å²) in [4.78, 5) is 15.5. The lowest BCUT2D eigenvalue weighted by atomic mass is 9.91. The first-order valence-corrected chi connectivity index (χ1v) is 13.0. The lowest BCUT2D eigenvalue weighted by Crippen LogP contribution is -2.11. The largest absolute Gasteiger partial charge is 0.456 e. The van der Waals surface area contributed by atoms with Crippen molar-refractivity contribution in [1.29, 1.82) is 5.26 Å². The summed E-state index contributed by atoms with van der Waals surface area (Å²) in [5.41, 5.74) is 5.73. The van der Waals surface area contributed by atoms with Crippen LogP contribution in [0.2, 0.25) is 0 Å². The molecule has 0 spiro atoms. The van der Waals surface area contributed by atoms with Crippen LogP contribution in [0.5, 0.6) is 5.75 Å². The molecule has 4 heteroatoms. The molecule has 0 N–H and O–H groups in total. The fourth-order valence-electron chi connectivity index (χ4n) is 4.83. The van der Waals surface area contributed by atoms with E-state index in [1.54, 1.807) is 30.3 Å². The Balaban J connectivity index is 1.42. The Labute approximate surface area is 233 Å². The first-order valence-electron chi connectivity index (χ1n) is 13.0. The average molecular weight is 517 g/mol. The quantitative estimate of drug-likeness (QED) is 0.129. The van der Waals surface area contributed by atoms with Gasteiger partial charge in [0.15, 0.2) is 0 Å². The predicted molar refractivity (Wildman–Crippen MR) is 159 cm³/mol. The zero-order chi connectivity index (χ0) is 27.3. The van der Waals surface area contributed by atoms with Gasteiger partial charge in [0.2, 0.25) is 5.78 Å². The van der Waals surface area contributed by atoms with E-state index >= 15 is 0 Å². The number of ketones is 1. The number of allylic oxidation sites excluding steroid dienone is 3. The minimum absolute atomic E-state index is 0.0791. The number of benzene rings is 5. The number of Topliss-reactive ketones (excluding diaryl/α,β-unsaturated/α-hetero) is 1. The first-order chi connectivity index (χ1) is 19.7. The Kier molecular flexibility index (Phi) is 6.77. The highest BCUT2D eigenvalue weighted by molar-refractivity contribution is 6.18. The third-order valence-corrected chi connectivity index (χ3v) is 6.76. The van der Waals surface area contributed by atoms with Crippen molar-refractivity contribution in [2.45, 2.75) is 0 Å². The van der Waals surface area contributed by atoms with Crippen LogP contribution in [0.3, 0.4) is 0 Å². The van der Waals surface area contributed by atoms with E-state index in [0.29, 0.717) is 28.2 Å². The van der Waals surface area contributed by atoms with Gasteiger partial charge in [0.25, 0.3) is 0 Å². The molecule has 0 fully saturated rings. The molecule has 1 heterocycles. The molecule has 0 atom stereocenters. The molecule has 0 aromatic heterocycles. The van der Waals surface area contributed by atoms with Crippen molar-refractivity contribution in [1.82, 2.24) is 0 Å². The highest BCUT2D eigenvalue weighted by Crippen LogP contribution is 2.40. The maximum absolute atomic E-state index is 13.4. The standard InChI is InChI=1S/C36H24N2O2/c37-25-33(36(39)27-12-4-1-5-13-27)32-24-35(40-34-19-11-10-18-31(32)34)26-20-22-30(23-21-26)38(28-14-6-2-7-15-28)29-16-8-3-9-17-29/h1-24H/b33-32+. The topological polar surface area (TPSA) is 53.3 Å². The van der Waals surface area contributed by atoms with Crippen LogP contribution in [-0.4, -0.2) is 5.78 Å². The highest BCUT2D eigenvalue weighted by atomic mass is 16.5. The third kappa shape index (κ3) is 4.80. The second kappa shape index (κ2) is 11.0. The smallest absolute Gasteiger partial charge is 0.204 e. The Morgan fingerprint density at radius 2 is 1.15 bits per heavy atom. The fourth-order valence-corrected chi connectivity index (χ4v) is 4.83. The number of ether oxygens (including phenoxy) is 1. The van der Waals surface area contributed by atoms with Crippen LogP contribution < -0.4 is 9.64 Å². The van der Waals surface area contributed by atoms with E-state index in [1.807, 2.05) is 91.0 Å². The minimum Gasteiger partial charge on any atom is -0.456 e. The van der Waals surface area contributed by atoms with Gasteiger partial charge in [-0.15, -0.1) is 0 Å². The van der Waals surface area contributed by atoms with Crippen LogP contribution in [0, 0.1) is 11.3 Å². The van der Waals surface area contributed by atoms with Crippen molar-refractivity contribution < 1.29 is 9.53 Å². The van der Waals surface area contributed by atoms with Crippen LogP contribution in [0.4, 0.5) is 17.1 Å². The molecule has 0 unspecified atom stereocenters. The monoisotopic (exact) mass is 516 g/mol. The number of nitriles is 1. The summed E-state index contributed by atoms with van der Waals surface area (Å²) in [6.45, 7) is 0. The van der Waals surface area contributed by atoms with E-state index in [9.17, 15) is 10.1 Å². The van der Waals surface area contributed by atoms with Gasteiger partial charge in [0.05, 0.1) is 0 Å². The molecular weight excluding hydrogens is 492 g/mol. The molecule has 1 aliphatic rings. The van der Waals surface area contributed by atoms with Crippen molar-refractivity contribution in [3.63, 3.8) is 0 Å². The van der Waals surface area contributed by atoms with Gasteiger partial charge in [0.1, 0.15) is 23.2 Å². The summed E-state index contributed by atoms with van der Waals surface area (Å²) in [6.07, 6.45) is 1.79. The fraction of sp³-hybridized carbons (Fsp3) is 0. The summed E-state index contributed by atoms with van der Waals surface area (Å²) in [5.74, 6) is 0.852. The lowest BCUT2D eigenvalue weighted by molar-refractivity contribution is 0.103. The second-order valence-electron chi connectivity index (χ2n) is 9.26. The number of para-hydroxylation sites is 3. The van der Waals surface area contributed by atoms with Crippen molar-refractivity contribution in [2.24, 2.45) is 0 Å². The molecule has 5 aromatic rings. The molecule has 0 amide bonds. The number of anilines is 3. The van der Waals surface area contributed by atoms with Crippen LogP contribution in [0.25, 0.3) is 11.3 Å². The minimum atomic E-state index is -0.317. The zero-order valence-electron chi connectivity index (χ0n) is 21.6. The Bertz CT molecular complexity index is 1730. The number of fused-ring (bicyclic) bond motifs is 1.